The largest absolute Gasteiger partial charge is 0.476 e. The Balaban J connectivity index is 1.56. The van der Waals surface area contributed by atoms with E-state index in [1.54, 1.807) is 24.9 Å². The summed E-state index contributed by atoms with van der Waals surface area (Å²) in [5.41, 5.74) is 2.31. The van der Waals surface area contributed by atoms with Gasteiger partial charge in [0.25, 0.3) is 0 Å². The summed E-state index contributed by atoms with van der Waals surface area (Å²) in [6.45, 7) is 4.80. The zero-order valence-corrected chi connectivity index (χ0v) is 20.7. The second-order valence-corrected chi connectivity index (χ2v) is 8.80. The Morgan fingerprint density at radius 1 is 1.14 bits per heavy atom. The number of nitrogens with one attached hydrogen (secondary N) is 2. The first kappa shape index (κ1) is 26.0. The number of methoxy groups -OCH3 is 1. The lowest BCUT2D eigenvalue weighted by Gasteiger charge is -2.25. The third-order valence-electron chi connectivity index (χ3n) is 6.38. The summed E-state index contributed by atoms with van der Waals surface area (Å²) in [6.07, 6.45) is -1.14. The topological polar surface area (TPSA) is 83.8 Å². The van der Waals surface area contributed by atoms with Crippen molar-refractivity contribution in [2.24, 2.45) is 7.05 Å². The number of hydrogen-bond donors (Lipinski definition) is 3. The fraction of sp³-hybridized carbons (Fsp3) is 0.423. The minimum atomic E-state index is -1.14. The zero-order valence-electron chi connectivity index (χ0n) is 20.7. The van der Waals surface area contributed by atoms with Gasteiger partial charge >= 0.3 is 0 Å². The molecule has 2 aromatic carbocycles. The van der Waals surface area contributed by atoms with Crippen LogP contribution in [-0.2, 0) is 11.8 Å². The lowest BCUT2D eigenvalue weighted by atomic mass is 9.94. The van der Waals surface area contributed by atoms with Crippen LogP contribution in [-0.4, -0.2) is 72.1 Å². The van der Waals surface area contributed by atoms with E-state index in [0.717, 1.165) is 17.2 Å². The summed E-state index contributed by atoms with van der Waals surface area (Å²) in [5, 5.41) is 21.9. The number of halogens is 2. The van der Waals surface area contributed by atoms with Gasteiger partial charge in [0.15, 0.2) is 18.0 Å². The lowest BCUT2D eigenvalue weighted by molar-refractivity contribution is 0.139. The molecule has 3 aromatic rings. The molecule has 0 bridgehead atoms. The fourth-order valence-corrected chi connectivity index (χ4v) is 4.68. The highest BCUT2D eigenvalue weighted by atomic mass is 19.2. The number of aliphatic hydroxyl groups excluding tert-OH is 1. The molecule has 1 aliphatic rings. The van der Waals surface area contributed by atoms with Gasteiger partial charge in [-0.2, -0.15) is 0 Å². The lowest BCUT2D eigenvalue weighted by Crippen LogP contribution is -2.46. The van der Waals surface area contributed by atoms with E-state index in [1.165, 1.54) is 6.07 Å². The Morgan fingerprint density at radius 2 is 1.92 bits per heavy atom. The fourth-order valence-electron chi connectivity index (χ4n) is 4.68. The van der Waals surface area contributed by atoms with Crippen LogP contribution in [0.3, 0.4) is 0 Å². The number of aliphatic hydroxyl groups is 1. The molecule has 1 aromatic heterocycles. The number of benzene rings is 2. The molecule has 36 heavy (non-hydrogen) atoms. The van der Waals surface area contributed by atoms with Crippen molar-refractivity contribution in [3.05, 3.63) is 65.7 Å². The van der Waals surface area contributed by atoms with E-state index in [-0.39, 0.29) is 12.0 Å². The Labute approximate surface area is 209 Å². The van der Waals surface area contributed by atoms with Crippen LogP contribution in [0.2, 0.25) is 0 Å². The Hall–Kier alpha value is -3.05. The molecule has 10 heteroatoms. The first-order valence-corrected chi connectivity index (χ1v) is 12.0. The summed E-state index contributed by atoms with van der Waals surface area (Å²) in [7, 11) is 3.41. The first-order valence-electron chi connectivity index (χ1n) is 12.0. The van der Waals surface area contributed by atoms with E-state index in [2.05, 4.69) is 20.6 Å². The maximum Gasteiger partial charge on any atom is 0.243 e. The highest BCUT2D eigenvalue weighted by Crippen LogP contribution is 2.37. The average molecular weight is 502 g/mol. The maximum absolute atomic E-state index is 14.0. The van der Waals surface area contributed by atoms with Gasteiger partial charge in [-0.05, 0) is 30.2 Å². The highest BCUT2D eigenvalue weighted by Gasteiger charge is 2.35. The molecule has 4 rings (SSSR count). The van der Waals surface area contributed by atoms with Crippen LogP contribution >= 0.6 is 0 Å². The summed E-state index contributed by atoms with van der Waals surface area (Å²) >= 11 is 0. The van der Waals surface area contributed by atoms with Crippen LogP contribution in [0, 0.1) is 11.6 Å². The van der Waals surface area contributed by atoms with Crippen molar-refractivity contribution in [1.82, 2.24) is 20.0 Å². The Morgan fingerprint density at radius 3 is 2.61 bits per heavy atom. The molecule has 194 valence electrons. The Kier molecular flexibility index (Phi) is 8.52. The number of rotatable bonds is 11. The van der Waals surface area contributed by atoms with Crippen LogP contribution in [0.4, 0.5) is 14.6 Å². The van der Waals surface area contributed by atoms with Crippen molar-refractivity contribution in [1.29, 1.82) is 0 Å². The SMILES string of the molecule is CCOc1nn(C)c(NC(O)NC2CN(CCOC)CC2c2ccc(F)c(F)c2)c1-c1ccccc1. The molecule has 3 N–H and O–H groups in total. The molecular formula is C26H33F2N5O3. The molecule has 0 saturated carbocycles. The summed E-state index contributed by atoms with van der Waals surface area (Å²) < 4.78 is 40.2. The number of hydrogen-bond acceptors (Lipinski definition) is 7. The summed E-state index contributed by atoms with van der Waals surface area (Å²) in [5.74, 6) is -0.872. The molecule has 1 aliphatic heterocycles. The third-order valence-corrected chi connectivity index (χ3v) is 6.38. The van der Waals surface area contributed by atoms with Gasteiger partial charge in [0.05, 0.1) is 18.8 Å². The van der Waals surface area contributed by atoms with Crippen LogP contribution in [0.1, 0.15) is 18.4 Å². The molecule has 8 nitrogen and oxygen atoms in total. The highest BCUT2D eigenvalue weighted by molar-refractivity contribution is 5.80. The number of anilines is 1. The van der Waals surface area contributed by atoms with Crippen molar-refractivity contribution in [3.8, 4) is 17.0 Å². The molecule has 0 amide bonds. The normalized spacial score (nSPS) is 18.9. The van der Waals surface area contributed by atoms with E-state index in [1.807, 2.05) is 37.3 Å². The first-order chi connectivity index (χ1) is 17.4. The molecule has 1 saturated heterocycles. The number of aryl methyl sites for hydroxylation is 1. The molecule has 0 aliphatic carbocycles. The second-order valence-electron chi connectivity index (χ2n) is 8.80. The van der Waals surface area contributed by atoms with Crippen LogP contribution in [0.5, 0.6) is 5.88 Å². The second kappa shape index (κ2) is 11.8. The molecule has 3 unspecified atom stereocenters. The van der Waals surface area contributed by atoms with Gasteiger partial charge in [-0.1, -0.05) is 36.4 Å². The monoisotopic (exact) mass is 501 g/mol. The van der Waals surface area contributed by atoms with Crippen LogP contribution < -0.4 is 15.4 Å². The predicted octanol–water partition coefficient (Wildman–Crippen LogP) is 3.16. The van der Waals surface area contributed by atoms with E-state index >= 15 is 0 Å². The van der Waals surface area contributed by atoms with E-state index in [0.29, 0.717) is 50.1 Å². The smallest absolute Gasteiger partial charge is 0.243 e. The van der Waals surface area contributed by atoms with Crippen molar-refractivity contribution in [3.63, 3.8) is 0 Å². The molecular weight excluding hydrogens is 468 g/mol. The van der Waals surface area contributed by atoms with Crippen LogP contribution in [0.25, 0.3) is 11.1 Å². The van der Waals surface area contributed by atoms with E-state index in [9.17, 15) is 13.9 Å². The predicted molar refractivity (Wildman–Crippen MR) is 134 cm³/mol. The van der Waals surface area contributed by atoms with Gasteiger partial charge in [0.1, 0.15) is 5.82 Å². The molecule has 1 fully saturated rings. The van der Waals surface area contributed by atoms with Crippen molar-refractivity contribution in [2.45, 2.75) is 25.2 Å². The van der Waals surface area contributed by atoms with Gasteiger partial charge in [-0.15, -0.1) is 5.10 Å². The van der Waals surface area contributed by atoms with Crippen molar-refractivity contribution < 1.29 is 23.4 Å². The average Bonchev–Trinajstić information content (AvgIpc) is 3.40. The number of aromatic nitrogens is 2. The van der Waals surface area contributed by atoms with E-state index in [4.69, 9.17) is 9.47 Å². The van der Waals surface area contributed by atoms with Crippen LogP contribution in [0.15, 0.2) is 48.5 Å². The number of likely N-dealkylation sites (tertiary alicyclic amines) is 1. The number of ether oxygens (including phenoxy) is 2. The Bertz CT molecular complexity index is 1140. The summed E-state index contributed by atoms with van der Waals surface area (Å²) in [6, 6.07) is 13.4. The minimum Gasteiger partial charge on any atom is -0.476 e. The molecule has 2 heterocycles. The molecule has 3 atom stereocenters. The van der Waals surface area contributed by atoms with Crippen molar-refractivity contribution in [2.75, 3.05) is 45.3 Å². The summed E-state index contributed by atoms with van der Waals surface area (Å²) in [4.78, 5) is 2.17. The molecule has 0 radical (unpaired) electrons. The van der Waals surface area contributed by atoms with Gasteiger partial charge in [-0.3, -0.25) is 10.2 Å². The van der Waals surface area contributed by atoms with Gasteiger partial charge in [0, 0.05) is 45.8 Å². The van der Waals surface area contributed by atoms with Gasteiger partial charge < -0.3 is 19.9 Å². The quantitative estimate of drug-likeness (QED) is 0.348. The standard InChI is InChI=1S/C26H33F2N5O3/c1-4-36-25-23(17-8-6-5-7-9-17)24(32(2)31-25)30-26(34)29-22-16-33(12-13-35-3)15-19(22)18-10-11-20(27)21(28)14-18/h5-11,14,19,22,26,29-30,34H,4,12-13,15-16H2,1-3H3. The van der Waals surface area contributed by atoms with Gasteiger partial charge in [-0.25, -0.2) is 13.5 Å². The maximum atomic E-state index is 14.0. The number of nitrogens with zero attached hydrogens (tertiary/aromatic N) is 3. The third kappa shape index (κ3) is 5.84. The van der Waals surface area contributed by atoms with E-state index < -0.39 is 18.0 Å². The molecule has 0 spiro atoms. The minimum absolute atomic E-state index is 0.160. The van der Waals surface area contributed by atoms with Crippen molar-refractivity contribution >= 4 is 5.82 Å². The van der Waals surface area contributed by atoms with Gasteiger partial charge in [0.2, 0.25) is 5.88 Å². The zero-order chi connectivity index (χ0) is 25.7.